The molecule has 3 rings (SSSR count). The molecule has 0 saturated carbocycles. The Bertz CT molecular complexity index is 578. The van der Waals surface area contributed by atoms with Crippen LogP contribution in [0.25, 0.3) is 0 Å². The first kappa shape index (κ1) is 14.6. The fourth-order valence-corrected chi connectivity index (χ4v) is 3.74. The summed E-state index contributed by atoms with van der Waals surface area (Å²) in [6, 6.07) is 6.39. The Labute approximate surface area is 132 Å². The van der Waals surface area contributed by atoms with Gasteiger partial charge < -0.3 is 14.8 Å². The van der Waals surface area contributed by atoms with Gasteiger partial charge >= 0.3 is 0 Å². The molecule has 112 valence electrons. The minimum absolute atomic E-state index is 0.232. The lowest BCUT2D eigenvalue weighted by molar-refractivity contribution is 0.297. The third-order valence-electron chi connectivity index (χ3n) is 3.24. The average Bonchev–Trinajstić information content (AvgIpc) is 2.92. The average molecular weight is 323 g/mol. The zero-order valence-electron chi connectivity index (χ0n) is 11.7. The molecular formula is C14H17N3O2S2. The van der Waals surface area contributed by atoms with E-state index in [0.29, 0.717) is 13.2 Å². The fourth-order valence-electron chi connectivity index (χ4n) is 2.12. The second kappa shape index (κ2) is 7.11. The van der Waals surface area contributed by atoms with Crippen LogP contribution in [-0.2, 0) is 0 Å². The van der Waals surface area contributed by atoms with Gasteiger partial charge in [0.25, 0.3) is 0 Å². The molecule has 7 heteroatoms. The molecule has 0 aliphatic carbocycles. The highest BCUT2D eigenvalue weighted by molar-refractivity contribution is 8.00. The molecule has 0 spiro atoms. The molecule has 0 bridgehead atoms. The van der Waals surface area contributed by atoms with Crippen molar-refractivity contribution in [2.45, 2.75) is 16.8 Å². The summed E-state index contributed by atoms with van der Waals surface area (Å²) in [5.74, 6) is 2.57. The smallest absolute Gasteiger partial charge is 0.169 e. The molecule has 1 aliphatic heterocycles. The van der Waals surface area contributed by atoms with E-state index in [1.807, 2.05) is 13.1 Å². The molecular weight excluding hydrogens is 306 g/mol. The van der Waals surface area contributed by atoms with Crippen LogP contribution >= 0.6 is 23.3 Å². The van der Waals surface area contributed by atoms with E-state index in [0.717, 1.165) is 28.0 Å². The maximum atomic E-state index is 5.75. The van der Waals surface area contributed by atoms with Crippen LogP contribution in [0.15, 0.2) is 28.9 Å². The third-order valence-corrected chi connectivity index (χ3v) is 5.13. The van der Waals surface area contributed by atoms with E-state index in [9.17, 15) is 0 Å². The van der Waals surface area contributed by atoms with Gasteiger partial charge in [0.1, 0.15) is 6.33 Å². The first-order chi connectivity index (χ1) is 10.4. The minimum atomic E-state index is 0.232. The number of aromatic nitrogens is 2. The number of nitrogens with zero attached hydrogens (tertiary/aromatic N) is 2. The molecule has 1 unspecified atom stereocenters. The van der Waals surface area contributed by atoms with Crippen molar-refractivity contribution in [3.63, 3.8) is 0 Å². The summed E-state index contributed by atoms with van der Waals surface area (Å²) in [7, 11) is 1.97. The molecule has 0 radical (unpaired) electrons. The van der Waals surface area contributed by atoms with E-state index in [2.05, 4.69) is 26.8 Å². The predicted octanol–water partition coefficient (Wildman–Crippen LogP) is 2.75. The Kier molecular flexibility index (Phi) is 4.95. The van der Waals surface area contributed by atoms with Gasteiger partial charge in [0.2, 0.25) is 0 Å². The number of ether oxygens (including phenoxy) is 2. The molecule has 0 saturated heterocycles. The second-order valence-electron chi connectivity index (χ2n) is 4.62. The lowest BCUT2D eigenvalue weighted by Crippen LogP contribution is -2.18. The van der Waals surface area contributed by atoms with Crippen LogP contribution in [0.2, 0.25) is 0 Å². The van der Waals surface area contributed by atoms with Gasteiger partial charge in [-0.2, -0.15) is 4.37 Å². The molecule has 1 atom stereocenters. The van der Waals surface area contributed by atoms with Crippen LogP contribution in [-0.4, -0.2) is 35.4 Å². The van der Waals surface area contributed by atoms with E-state index in [-0.39, 0.29) is 6.04 Å². The van der Waals surface area contributed by atoms with Gasteiger partial charge in [0, 0.05) is 18.2 Å². The number of thioether (sulfide) groups is 1. The van der Waals surface area contributed by atoms with Crippen LogP contribution < -0.4 is 14.8 Å². The predicted molar refractivity (Wildman–Crippen MR) is 84.5 cm³/mol. The first-order valence-electron chi connectivity index (χ1n) is 6.83. The lowest BCUT2D eigenvalue weighted by Gasteiger charge is -2.17. The van der Waals surface area contributed by atoms with E-state index in [1.165, 1.54) is 17.1 Å². The standard InChI is InChI=1S/C14H17N3O2S2/c1-15-11(8-20-14-16-9-17-21-14)10-3-4-12-13(7-10)19-6-2-5-18-12/h3-4,7,9,11,15H,2,5-6,8H2,1H3. The van der Waals surface area contributed by atoms with E-state index in [4.69, 9.17) is 9.47 Å². The van der Waals surface area contributed by atoms with E-state index >= 15 is 0 Å². The minimum Gasteiger partial charge on any atom is -0.490 e. The number of fused-ring (bicyclic) bond motifs is 1. The lowest BCUT2D eigenvalue weighted by atomic mass is 10.1. The number of nitrogens with one attached hydrogen (secondary N) is 1. The summed E-state index contributed by atoms with van der Waals surface area (Å²) in [5.41, 5.74) is 1.19. The van der Waals surface area contributed by atoms with Crippen LogP contribution in [0.1, 0.15) is 18.0 Å². The summed E-state index contributed by atoms with van der Waals surface area (Å²) < 4.78 is 16.4. The Balaban J connectivity index is 1.72. The van der Waals surface area contributed by atoms with Crippen molar-refractivity contribution >= 4 is 23.3 Å². The molecule has 1 aromatic carbocycles. The molecule has 0 amide bonds. The number of hydrogen-bond acceptors (Lipinski definition) is 7. The van der Waals surface area contributed by atoms with Crippen molar-refractivity contribution in [2.75, 3.05) is 26.0 Å². The molecule has 1 aromatic heterocycles. The van der Waals surface area contributed by atoms with Crippen LogP contribution in [0.3, 0.4) is 0 Å². The van der Waals surface area contributed by atoms with Crippen molar-refractivity contribution in [1.82, 2.24) is 14.7 Å². The summed E-state index contributed by atoms with van der Waals surface area (Å²) in [4.78, 5) is 4.20. The van der Waals surface area contributed by atoms with Gasteiger partial charge in [-0.25, -0.2) is 4.98 Å². The Morgan fingerprint density at radius 2 is 2.19 bits per heavy atom. The van der Waals surface area contributed by atoms with E-state index in [1.54, 1.807) is 18.1 Å². The Morgan fingerprint density at radius 3 is 2.95 bits per heavy atom. The number of benzene rings is 1. The highest BCUT2D eigenvalue weighted by Gasteiger charge is 2.16. The van der Waals surface area contributed by atoms with Gasteiger partial charge in [-0.3, -0.25) is 0 Å². The molecule has 2 heterocycles. The maximum absolute atomic E-state index is 5.75. The monoisotopic (exact) mass is 323 g/mol. The van der Waals surface area contributed by atoms with Gasteiger partial charge in [0.05, 0.1) is 13.2 Å². The van der Waals surface area contributed by atoms with Crippen LogP contribution in [0.4, 0.5) is 0 Å². The van der Waals surface area contributed by atoms with Gasteiger partial charge in [0.15, 0.2) is 15.8 Å². The zero-order chi connectivity index (χ0) is 14.5. The number of rotatable bonds is 5. The summed E-state index contributed by atoms with van der Waals surface area (Å²) in [6.45, 7) is 1.43. The van der Waals surface area contributed by atoms with Crippen molar-refractivity contribution in [2.24, 2.45) is 0 Å². The highest BCUT2D eigenvalue weighted by atomic mass is 32.2. The van der Waals surface area contributed by atoms with Crippen molar-refractivity contribution in [1.29, 1.82) is 0 Å². The SMILES string of the molecule is CNC(CSc1ncns1)c1ccc2c(c1)OCCCO2. The topological polar surface area (TPSA) is 56.3 Å². The van der Waals surface area contributed by atoms with Crippen LogP contribution in [0.5, 0.6) is 11.5 Å². The van der Waals surface area contributed by atoms with Gasteiger partial charge in [-0.1, -0.05) is 17.8 Å². The maximum Gasteiger partial charge on any atom is 0.169 e. The molecule has 2 aromatic rings. The fraction of sp³-hybridized carbons (Fsp3) is 0.429. The molecule has 1 N–H and O–H groups in total. The summed E-state index contributed by atoms with van der Waals surface area (Å²) >= 11 is 3.13. The van der Waals surface area contributed by atoms with Gasteiger partial charge in [-0.05, 0) is 36.3 Å². The van der Waals surface area contributed by atoms with E-state index < -0.39 is 0 Å². The summed E-state index contributed by atoms with van der Waals surface area (Å²) in [5, 5.41) is 3.34. The molecule has 21 heavy (non-hydrogen) atoms. The Morgan fingerprint density at radius 1 is 1.33 bits per heavy atom. The Hall–Kier alpha value is -1.31. The zero-order valence-corrected chi connectivity index (χ0v) is 13.4. The molecule has 5 nitrogen and oxygen atoms in total. The first-order valence-corrected chi connectivity index (χ1v) is 8.59. The van der Waals surface area contributed by atoms with Gasteiger partial charge in [-0.15, -0.1) is 0 Å². The summed E-state index contributed by atoms with van der Waals surface area (Å²) in [6.07, 6.45) is 2.52. The highest BCUT2D eigenvalue weighted by Crippen LogP contribution is 2.33. The number of hydrogen-bond donors (Lipinski definition) is 1. The normalized spacial score (nSPS) is 15.5. The van der Waals surface area contributed by atoms with Crippen molar-refractivity contribution in [3.8, 4) is 11.5 Å². The molecule has 0 fully saturated rings. The largest absolute Gasteiger partial charge is 0.490 e. The second-order valence-corrected chi connectivity index (χ2v) is 6.66. The quantitative estimate of drug-likeness (QED) is 0.854. The van der Waals surface area contributed by atoms with Crippen molar-refractivity contribution in [3.05, 3.63) is 30.1 Å². The van der Waals surface area contributed by atoms with Crippen molar-refractivity contribution < 1.29 is 9.47 Å². The van der Waals surface area contributed by atoms with Crippen LogP contribution in [0, 0.1) is 0 Å². The molecule has 1 aliphatic rings. The third kappa shape index (κ3) is 3.66.